The highest BCUT2D eigenvalue weighted by atomic mass is 35.5. The Bertz CT molecular complexity index is 897. The quantitative estimate of drug-likeness (QED) is 0.539. The van der Waals surface area contributed by atoms with E-state index in [9.17, 15) is 4.79 Å². The molecule has 0 spiro atoms. The number of carbonyl (C=O) groups excluding carboxylic acids is 1. The summed E-state index contributed by atoms with van der Waals surface area (Å²) in [4.78, 5) is 17.6. The molecule has 2 aromatic carbocycles. The number of nitrogens with zero attached hydrogens (tertiary/aromatic N) is 2. The molecule has 2 aliphatic heterocycles. The van der Waals surface area contributed by atoms with Gasteiger partial charge in [0, 0.05) is 41.2 Å². The van der Waals surface area contributed by atoms with Gasteiger partial charge in [0.15, 0.2) is 0 Å². The molecule has 178 valence electrons. The molecule has 0 atom stereocenters. The van der Waals surface area contributed by atoms with Crippen molar-refractivity contribution in [3.8, 4) is 0 Å². The normalized spacial score (nSPS) is 19.0. The predicted molar refractivity (Wildman–Crippen MR) is 136 cm³/mol. The van der Waals surface area contributed by atoms with Gasteiger partial charge < -0.3 is 5.32 Å². The minimum Gasteiger partial charge on any atom is -0.352 e. The maximum atomic E-state index is 12.7. The lowest BCUT2D eigenvalue weighted by Gasteiger charge is -2.31. The highest BCUT2D eigenvalue weighted by molar-refractivity contribution is 6.35. The van der Waals surface area contributed by atoms with Crippen molar-refractivity contribution < 1.29 is 4.79 Å². The highest BCUT2D eigenvalue weighted by Crippen LogP contribution is 2.28. The molecule has 0 unspecified atom stereocenters. The molecule has 2 heterocycles. The number of likely N-dealkylation sites (tertiary alicyclic amines) is 2. The summed E-state index contributed by atoms with van der Waals surface area (Å²) in [5.41, 5.74) is 3.48. The van der Waals surface area contributed by atoms with Gasteiger partial charge in [0.2, 0.25) is 5.91 Å². The van der Waals surface area contributed by atoms with E-state index >= 15 is 0 Å². The van der Waals surface area contributed by atoms with Crippen LogP contribution in [-0.4, -0.2) is 41.9 Å². The Hall–Kier alpha value is -1.59. The van der Waals surface area contributed by atoms with Gasteiger partial charge in [0.1, 0.15) is 0 Å². The Morgan fingerprint density at radius 1 is 0.848 bits per heavy atom. The molecule has 0 aliphatic carbocycles. The molecule has 0 aromatic heterocycles. The van der Waals surface area contributed by atoms with E-state index in [2.05, 4.69) is 46.3 Å². The van der Waals surface area contributed by atoms with Crippen LogP contribution in [0.4, 0.5) is 0 Å². The number of halogens is 2. The Kier molecular flexibility index (Phi) is 8.70. The first-order chi connectivity index (χ1) is 16.0. The highest BCUT2D eigenvalue weighted by Gasteiger charge is 2.25. The topological polar surface area (TPSA) is 35.6 Å². The molecule has 0 radical (unpaired) electrons. The summed E-state index contributed by atoms with van der Waals surface area (Å²) >= 11 is 12.6. The lowest BCUT2D eigenvalue weighted by molar-refractivity contribution is -0.126. The van der Waals surface area contributed by atoms with Gasteiger partial charge in [-0.25, -0.2) is 0 Å². The second-order valence-corrected chi connectivity index (χ2v) is 10.6. The average Bonchev–Trinajstić information content (AvgIpc) is 2.83. The lowest BCUT2D eigenvalue weighted by atomic mass is 9.95. The van der Waals surface area contributed by atoms with E-state index in [1.54, 1.807) is 0 Å². The van der Waals surface area contributed by atoms with Gasteiger partial charge in [-0.15, -0.1) is 0 Å². The molecular formula is C27H35Cl2N3O. The monoisotopic (exact) mass is 487 g/mol. The summed E-state index contributed by atoms with van der Waals surface area (Å²) in [5.74, 6) is 1.10. The van der Waals surface area contributed by atoms with Crippen LogP contribution in [0.3, 0.4) is 0 Å². The summed E-state index contributed by atoms with van der Waals surface area (Å²) < 4.78 is 0. The van der Waals surface area contributed by atoms with E-state index in [4.69, 9.17) is 23.2 Å². The number of carbonyl (C=O) groups is 1. The van der Waals surface area contributed by atoms with Gasteiger partial charge in [0.05, 0.1) is 0 Å². The van der Waals surface area contributed by atoms with Crippen LogP contribution in [-0.2, 0) is 24.4 Å². The molecule has 2 fully saturated rings. The van der Waals surface area contributed by atoms with Crippen LogP contribution in [0, 0.1) is 11.8 Å². The number of piperidine rings is 2. The SMILES string of the molecule is CC1CCN(Cc2ccc(CNC(=O)C3CCN(Cc4c(Cl)cccc4Cl)CC3)cc2)CC1. The molecule has 2 aliphatic rings. The summed E-state index contributed by atoms with van der Waals surface area (Å²) in [6, 6.07) is 14.3. The maximum Gasteiger partial charge on any atom is 0.223 e. The van der Waals surface area contributed by atoms with Gasteiger partial charge in [-0.05, 0) is 81.0 Å². The van der Waals surface area contributed by atoms with Crippen molar-refractivity contribution in [1.29, 1.82) is 0 Å². The molecule has 1 amide bonds. The first-order valence-electron chi connectivity index (χ1n) is 12.2. The molecular weight excluding hydrogens is 453 g/mol. The standard InChI is InChI=1S/C27H35Cl2N3O/c1-20-9-13-31(14-10-20)18-22-7-5-21(6-8-22)17-30-27(33)23-11-15-32(16-12-23)19-24-25(28)3-2-4-26(24)29/h2-8,20,23H,9-19H2,1H3,(H,30,33). The maximum absolute atomic E-state index is 12.7. The Balaban J connectivity index is 1.19. The van der Waals surface area contributed by atoms with Crippen molar-refractivity contribution in [2.75, 3.05) is 26.2 Å². The number of hydrogen-bond donors (Lipinski definition) is 1. The molecule has 0 bridgehead atoms. The third kappa shape index (κ3) is 6.95. The fourth-order valence-corrected chi connectivity index (χ4v) is 5.35. The molecule has 33 heavy (non-hydrogen) atoms. The van der Waals surface area contributed by atoms with Crippen LogP contribution >= 0.6 is 23.2 Å². The number of rotatable bonds is 7. The van der Waals surface area contributed by atoms with Crippen molar-refractivity contribution >= 4 is 29.1 Å². The van der Waals surface area contributed by atoms with Crippen LogP contribution in [0.15, 0.2) is 42.5 Å². The minimum absolute atomic E-state index is 0.0729. The van der Waals surface area contributed by atoms with Crippen molar-refractivity contribution in [1.82, 2.24) is 15.1 Å². The van der Waals surface area contributed by atoms with Gasteiger partial charge >= 0.3 is 0 Å². The lowest BCUT2D eigenvalue weighted by Crippen LogP contribution is -2.40. The van der Waals surface area contributed by atoms with Crippen LogP contribution in [0.25, 0.3) is 0 Å². The first kappa shape index (κ1) is 24.5. The van der Waals surface area contributed by atoms with E-state index in [0.29, 0.717) is 16.6 Å². The van der Waals surface area contributed by atoms with Crippen LogP contribution in [0.2, 0.25) is 10.0 Å². The van der Waals surface area contributed by atoms with Crippen molar-refractivity contribution in [2.24, 2.45) is 11.8 Å². The van der Waals surface area contributed by atoms with Crippen LogP contribution in [0.1, 0.15) is 49.3 Å². The number of hydrogen-bond acceptors (Lipinski definition) is 3. The zero-order valence-electron chi connectivity index (χ0n) is 19.5. The molecule has 0 saturated carbocycles. The van der Waals surface area contributed by atoms with Crippen LogP contribution < -0.4 is 5.32 Å². The summed E-state index contributed by atoms with van der Waals surface area (Å²) in [6.45, 7) is 8.85. The van der Waals surface area contributed by atoms with Crippen molar-refractivity contribution in [3.63, 3.8) is 0 Å². The smallest absolute Gasteiger partial charge is 0.223 e. The van der Waals surface area contributed by atoms with Crippen LogP contribution in [0.5, 0.6) is 0 Å². The van der Waals surface area contributed by atoms with Gasteiger partial charge in [-0.2, -0.15) is 0 Å². The average molecular weight is 489 g/mol. The minimum atomic E-state index is 0.0729. The second-order valence-electron chi connectivity index (χ2n) is 9.74. The molecule has 2 aromatic rings. The van der Waals surface area contributed by atoms with E-state index in [0.717, 1.165) is 56.1 Å². The van der Waals surface area contributed by atoms with Gasteiger partial charge in [-0.1, -0.05) is 60.5 Å². The fourth-order valence-electron chi connectivity index (χ4n) is 4.83. The molecule has 2 saturated heterocycles. The Labute approximate surface area is 208 Å². The van der Waals surface area contributed by atoms with E-state index in [-0.39, 0.29) is 11.8 Å². The molecule has 6 heteroatoms. The van der Waals surface area contributed by atoms with E-state index in [1.165, 1.54) is 31.5 Å². The largest absolute Gasteiger partial charge is 0.352 e. The zero-order valence-corrected chi connectivity index (χ0v) is 21.0. The molecule has 1 N–H and O–H groups in total. The third-order valence-electron chi connectivity index (χ3n) is 7.17. The van der Waals surface area contributed by atoms with E-state index < -0.39 is 0 Å². The van der Waals surface area contributed by atoms with E-state index in [1.807, 2.05) is 18.2 Å². The Morgan fingerprint density at radius 3 is 2.03 bits per heavy atom. The number of nitrogens with one attached hydrogen (secondary N) is 1. The molecule has 4 rings (SSSR count). The Morgan fingerprint density at radius 2 is 1.39 bits per heavy atom. The van der Waals surface area contributed by atoms with Gasteiger partial charge in [-0.3, -0.25) is 14.6 Å². The zero-order chi connectivity index (χ0) is 23.2. The number of benzene rings is 2. The predicted octanol–water partition coefficient (Wildman–Crippen LogP) is 5.75. The number of amides is 1. The fraction of sp³-hybridized carbons (Fsp3) is 0.519. The van der Waals surface area contributed by atoms with Crippen molar-refractivity contribution in [2.45, 2.75) is 52.2 Å². The third-order valence-corrected chi connectivity index (χ3v) is 7.88. The van der Waals surface area contributed by atoms with Gasteiger partial charge in [0.25, 0.3) is 0 Å². The molecule has 4 nitrogen and oxygen atoms in total. The summed E-state index contributed by atoms with van der Waals surface area (Å²) in [5, 5.41) is 4.56. The van der Waals surface area contributed by atoms with Crippen molar-refractivity contribution in [3.05, 3.63) is 69.2 Å². The summed E-state index contributed by atoms with van der Waals surface area (Å²) in [7, 11) is 0. The summed E-state index contributed by atoms with van der Waals surface area (Å²) in [6.07, 6.45) is 4.33. The second kappa shape index (κ2) is 11.7. The first-order valence-corrected chi connectivity index (χ1v) is 13.0.